The van der Waals surface area contributed by atoms with E-state index in [0.29, 0.717) is 0 Å². The molecule has 154 valence electrons. The number of hydrogen-bond donors (Lipinski definition) is 0. The van der Waals surface area contributed by atoms with Gasteiger partial charge in [-0.15, -0.1) is 0 Å². The lowest BCUT2D eigenvalue weighted by atomic mass is 10.2. The van der Waals surface area contributed by atoms with Crippen molar-refractivity contribution in [2.24, 2.45) is 0 Å². The van der Waals surface area contributed by atoms with E-state index in [9.17, 15) is 17.6 Å². The molecule has 1 saturated heterocycles. The third-order valence-corrected chi connectivity index (χ3v) is 6.29. The van der Waals surface area contributed by atoms with Gasteiger partial charge in [-0.1, -0.05) is 41.9 Å². The number of piperazine rings is 1. The summed E-state index contributed by atoms with van der Waals surface area (Å²) in [6.07, 6.45) is 1.55. The third-order valence-electron chi connectivity index (χ3n) is 4.44. The molecule has 2 aromatic carbocycles. The summed E-state index contributed by atoms with van der Waals surface area (Å²) in [5.41, 5.74) is 0.794. The van der Waals surface area contributed by atoms with Crippen LogP contribution in [0.2, 0.25) is 5.02 Å². The van der Waals surface area contributed by atoms with E-state index in [2.05, 4.69) is 0 Å². The molecule has 1 heterocycles. The summed E-state index contributed by atoms with van der Waals surface area (Å²) in [6.45, 7) is 0.712. The Morgan fingerprint density at radius 3 is 2.45 bits per heavy atom. The van der Waals surface area contributed by atoms with Gasteiger partial charge in [-0.05, 0) is 23.8 Å². The Morgan fingerprint density at radius 1 is 1.10 bits per heavy atom. The number of sulfonamides is 1. The van der Waals surface area contributed by atoms with Crippen LogP contribution in [-0.4, -0.2) is 56.3 Å². The maximum absolute atomic E-state index is 13.2. The Labute approximate surface area is 174 Å². The van der Waals surface area contributed by atoms with Gasteiger partial charge in [-0.3, -0.25) is 4.79 Å². The van der Waals surface area contributed by atoms with Crippen LogP contribution in [0.3, 0.4) is 0 Å². The van der Waals surface area contributed by atoms with Gasteiger partial charge in [-0.2, -0.15) is 4.31 Å². The van der Waals surface area contributed by atoms with Crippen molar-refractivity contribution in [3.63, 3.8) is 0 Å². The van der Waals surface area contributed by atoms with Crippen molar-refractivity contribution in [2.75, 3.05) is 32.8 Å². The molecule has 0 N–H and O–H groups in total. The van der Waals surface area contributed by atoms with Gasteiger partial charge in [0.25, 0.3) is 5.91 Å². The first kappa shape index (κ1) is 21.3. The van der Waals surface area contributed by atoms with Gasteiger partial charge in [0.15, 0.2) is 6.61 Å². The van der Waals surface area contributed by atoms with E-state index < -0.39 is 15.8 Å². The first-order valence-electron chi connectivity index (χ1n) is 8.94. The van der Waals surface area contributed by atoms with Crippen molar-refractivity contribution < 1.29 is 22.3 Å². The molecule has 0 bridgehead atoms. The summed E-state index contributed by atoms with van der Waals surface area (Å²) in [5.74, 6) is -0.552. The van der Waals surface area contributed by atoms with E-state index in [-0.39, 0.29) is 49.5 Å². The summed E-state index contributed by atoms with van der Waals surface area (Å²) in [5, 5.41) is 1.10. The largest absolute Gasteiger partial charge is 0.484 e. The van der Waals surface area contributed by atoms with Crippen molar-refractivity contribution in [1.82, 2.24) is 9.21 Å². The van der Waals surface area contributed by atoms with E-state index >= 15 is 0 Å². The lowest BCUT2D eigenvalue weighted by molar-refractivity contribution is -0.134. The zero-order valence-electron chi connectivity index (χ0n) is 15.5. The molecule has 2 aromatic rings. The SMILES string of the molecule is O=C(COc1ccc(F)c(Cl)c1)N1CCN(S(=O)(=O)/C=C/c2ccccc2)CC1. The maximum atomic E-state index is 13.2. The highest BCUT2D eigenvalue weighted by molar-refractivity contribution is 7.92. The highest BCUT2D eigenvalue weighted by atomic mass is 35.5. The number of carbonyl (C=O) groups is 1. The molecule has 0 spiro atoms. The van der Waals surface area contributed by atoms with E-state index in [1.165, 1.54) is 26.7 Å². The molecule has 0 aliphatic carbocycles. The van der Waals surface area contributed by atoms with Crippen LogP contribution in [0.15, 0.2) is 53.9 Å². The first-order valence-corrected chi connectivity index (χ1v) is 10.8. The summed E-state index contributed by atoms with van der Waals surface area (Å²) >= 11 is 5.68. The minimum absolute atomic E-state index is 0.0858. The van der Waals surface area contributed by atoms with Gasteiger partial charge >= 0.3 is 0 Å². The van der Waals surface area contributed by atoms with E-state index in [0.717, 1.165) is 11.6 Å². The summed E-state index contributed by atoms with van der Waals surface area (Å²) in [7, 11) is -3.56. The molecular formula is C20H20ClFN2O4S. The predicted molar refractivity (Wildman–Crippen MR) is 109 cm³/mol. The average molecular weight is 439 g/mol. The Morgan fingerprint density at radius 2 is 1.79 bits per heavy atom. The van der Waals surface area contributed by atoms with Gasteiger partial charge in [0.05, 0.1) is 5.02 Å². The standard InChI is InChI=1S/C20H20ClFN2O4S/c21-18-14-17(6-7-19(18)22)28-15-20(25)23-9-11-24(12-10-23)29(26,27)13-8-16-4-2-1-3-5-16/h1-8,13-14H,9-12,15H2/b13-8+. The van der Waals surface area contributed by atoms with Crippen LogP contribution in [0, 0.1) is 5.82 Å². The van der Waals surface area contributed by atoms with Crippen LogP contribution < -0.4 is 4.74 Å². The van der Waals surface area contributed by atoms with Gasteiger partial charge in [0.2, 0.25) is 10.0 Å². The molecule has 1 aliphatic heterocycles. The minimum Gasteiger partial charge on any atom is -0.484 e. The molecule has 1 fully saturated rings. The number of amides is 1. The molecule has 9 heteroatoms. The van der Waals surface area contributed by atoms with Crippen molar-refractivity contribution in [3.8, 4) is 5.75 Å². The van der Waals surface area contributed by atoms with Crippen LogP contribution in [0.1, 0.15) is 5.56 Å². The molecule has 0 atom stereocenters. The van der Waals surface area contributed by atoms with Crippen molar-refractivity contribution >= 4 is 33.6 Å². The fourth-order valence-corrected chi connectivity index (χ4v) is 4.15. The van der Waals surface area contributed by atoms with E-state index in [4.69, 9.17) is 16.3 Å². The van der Waals surface area contributed by atoms with E-state index in [1.54, 1.807) is 6.08 Å². The second-order valence-corrected chi connectivity index (χ2v) is 8.63. The van der Waals surface area contributed by atoms with Crippen LogP contribution in [-0.2, 0) is 14.8 Å². The lowest BCUT2D eigenvalue weighted by Crippen LogP contribution is -2.51. The number of ether oxygens (including phenoxy) is 1. The predicted octanol–water partition coefficient (Wildman–Crippen LogP) is 3.00. The van der Waals surface area contributed by atoms with Crippen LogP contribution in [0.25, 0.3) is 6.08 Å². The van der Waals surface area contributed by atoms with Crippen LogP contribution in [0.4, 0.5) is 4.39 Å². The fraction of sp³-hybridized carbons (Fsp3) is 0.250. The molecule has 1 amide bonds. The van der Waals surface area contributed by atoms with Gasteiger partial charge < -0.3 is 9.64 Å². The number of nitrogens with zero attached hydrogens (tertiary/aromatic N) is 2. The molecular weight excluding hydrogens is 419 g/mol. The van der Waals surface area contributed by atoms with Gasteiger partial charge in [0, 0.05) is 37.7 Å². The van der Waals surface area contributed by atoms with Crippen LogP contribution >= 0.6 is 11.6 Å². The number of halogens is 2. The van der Waals surface area contributed by atoms with Crippen molar-refractivity contribution in [1.29, 1.82) is 0 Å². The Balaban J connectivity index is 1.50. The zero-order chi connectivity index (χ0) is 20.9. The summed E-state index contributed by atoms with van der Waals surface area (Å²) < 4.78 is 44.8. The smallest absolute Gasteiger partial charge is 0.260 e. The highest BCUT2D eigenvalue weighted by Gasteiger charge is 2.27. The van der Waals surface area contributed by atoms with E-state index in [1.807, 2.05) is 30.3 Å². The molecule has 0 unspecified atom stereocenters. The zero-order valence-corrected chi connectivity index (χ0v) is 17.1. The van der Waals surface area contributed by atoms with Crippen molar-refractivity contribution in [3.05, 3.63) is 70.3 Å². The number of rotatable bonds is 6. The van der Waals surface area contributed by atoms with Gasteiger partial charge in [0.1, 0.15) is 11.6 Å². The normalized spacial score (nSPS) is 15.6. The molecule has 3 rings (SSSR count). The van der Waals surface area contributed by atoms with Crippen molar-refractivity contribution in [2.45, 2.75) is 0 Å². The molecule has 29 heavy (non-hydrogen) atoms. The molecule has 0 radical (unpaired) electrons. The summed E-state index contributed by atoms with van der Waals surface area (Å²) in [6, 6.07) is 13.0. The minimum atomic E-state index is -3.56. The molecule has 6 nitrogen and oxygen atoms in total. The Kier molecular flexibility index (Phi) is 6.89. The quantitative estimate of drug-likeness (QED) is 0.695. The number of hydrogen-bond acceptors (Lipinski definition) is 4. The monoisotopic (exact) mass is 438 g/mol. The molecule has 1 aliphatic rings. The molecule has 0 aromatic heterocycles. The number of carbonyl (C=O) groups excluding carboxylic acids is 1. The Bertz CT molecular complexity index is 991. The third kappa shape index (κ3) is 5.79. The average Bonchev–Trinajstić information content (AvgIpc) is 2.74. The lowest BCUT2D eigenvalue weighted by Gasteiger charge is -2.33. The summed E-state index contributed by atoms with van der Waals surface area (Å²) in [4.78, 5) is 13.8. The number of benzene rings is 2. The topological polar surface area (TPSA) is 66.9 Å². The van der Waals surface area contributed by atoms with Crippen LogP contribution in [0.5, 0.6) is 5.75 Å². The second kappa shape index (κ2) is 9.39. The maximum Gasteiger partial charge on any atom is 0.260 e. The Hall–Kier alpha value is -2.42. The second-order valence-electron chi connectivity index (χ2n) is 6.40. The van der Waals surface area contributed by atoms with Gasteiger partial charge in [-0.25, -0.2) is 12.8 Å². The highest BCUT2D eigenvalue weighted by Crippen LogP contribution is 2.21. The fourth-order valence-electron chi connectivity index (χ4n) is 2.81. The molecule has 0 saturated carbocycles. The first-order chi connectivity index (χ1) is 13.8.